The monoisotopic (exact) mass is 352 g/mol. The summed E-state index contributed by atoms with van der Waals surface area (Å²) in [4.78, 5) is 2.49. The average Bonchev–Trinajstić information content (AvgIpc) is 2.49. The summed E-state index contributed by atoms with van der Waals surface area (Å²) in [5.41, 5.74) is 7.74. The van der Waals surface area contributed by atoms with Crippen LogP contribution >= 0.6 is 15.9 Å². The Morgan fingerprint density at radius 1 is 1.24 bits per heavy atom. The first-order valence-corrected chi connectivity index (χ1v) is 8.92. The second kappa shape index (κ2) is 7.26. The molecular formula is C18H29BrN2. The Labute approximate surface area is 138 Å². The molecule has 1 fully saturated rings. The van der Waals surface area contributed by atoms with Crippen molar-refractivity contribution in [1.82, 2.24) is 4.90 Å². The van der Waals surface area contributed by atoms with Crippen LogP contribution in [0.2, 0.25) is 0 Å². The Hall–Kier alpha value is -0.380. The van der Waals surface area contributed by atoms with E-state index in [9.17, 15) is 0 Å². The van der Waals surface area contributed by atoms with Crippen LogP contribution in [0.3, 0.4) is 0 Å². The van der Waals surface area contributed by atoms with Gasteiger partial charge in [0.05, 0.1) is 0 Å². The molecule has 1 aromatic carbocycles. The summed E-state index contributed by atoms with van der Waals surface area (Å²) in [6.07, 6.45) is 5.11. The van der Waals surface area contributed by atoms with Crippen molar-refractivity contribution in [2.75, 3.05) is 13.6 Å². The third kappa shape index (κ3) is 4.08. The summed E-state index contributed by atoms with van der Waals surface area (Å²) >= 11 is 3.50. The molecule has 3 heteroatoms. The molecule has 1 aliphatic carbocycles. The van der Waals surface area contributed by atoms with E-state index in [2.05, 4.69) is 66.0 Å². The lowest BCUT2D eigenvalue weighted by atomic mass is 9.72. The fraction of sp³-hybridized carbons (Fsp3) is 0.667. The molecule has 0 bridgehead atoms. The molecule has 21 heavy (non-hydrogen) atoms. The number of halogens is 1. The molecule has 0 aliphatic heterocycles. The lowest BCUT2D eigenvalue weighted by molar-refractivity contribution is 0.0498. The van der Waals surface area contributed by atoms with Crippen LogP contribution in [0.1, 0.15) is 45.1 Å². The van der Waals surface area contributed by atoms with Crippen molar-refractivity contribution in [2.24, 2.45) is 17.6 Å². The zero-order valence-electron chi connectivity index (χ0n) is 13.6. The van der Waals surface area contributed by atoms with Gasteiger partial charge in [0.25, 0.3) is 0 Å². The zero-order valence-corrected chi connectivity index (χ0v) is 15.2. The van der Waals surface area contributed by atoms with Gasteiger partial charge in [0.15, 0.2) is 0 Å². The van der Waals surface area contributed by atoms with Crippen molar-refractivity contribution in [2.45, 2.75) is 51.6 Å². The average molecular weight is 353 g/mol. The highest BCUT2D eigenvalue weighted by Gasteiger charge is 2.38. The van der Waals surface area contributed by atoms with Crippen LogP contribution in [0.4, 0.5) is 0 Å². The number of nitrogens with two attached hydrogens (primary N) is 1. The van der Waals surface area contributed by atoms with E-state index in [1.807, 2.05) is 0 Å². The number of likely N-dealkylation sites (N-methyl/N-ethyl adjacent to an activating group) is 1. The van der Waals surface area contributed by atoms with Gasteiger partial charge >= 0.3 is 0 Å². The van der Waals surface area contributed by atoms with E-state index in [1.165, 1.54) is 31.2 Å². The molecule has 1 saturated carbocycles. The number of hydrogen-bond donors (Lipinski definition) is 1. The maximum absolute atomic E-state index is 6.19. The molecule has 0 radical (unpaired) electrons. The molecule has 118 valence electrons. The highest BCUT2D eigenvalue weighted by Crippen LogP contribution is 2.38. The molecule has 0 unspecified atom stereocenters. The van der Waals surface area contributed by atoms with Gasteiger partial charge in [-0.05, 0) is 62.3 Å². The number of rotatable bonds is 5. The number of hydrogen-bond acceptors (Lipinski definition) is 2. The van der Waals surface area contributed by atoms with Crippen molar-refractivity contribution in [3.63, 3.8) is 0 Å². The number of nitrogens with zero attached hydrogens (tertiary/aromatic N) is 1. The fourth-order valence-corrected chi connectivity index (χ4v) is 3.88. The quantitative estimate of drug-likeness (QED) is 0.849. The van der Waals surface area contributed by atoms with Crippen molar-refractivity contribution >= 4 is 15.9 Å². The molecule has 1 aliphatic rings. The summed E-state index contributed by atoms with van der Waals surface area (Å²) in [6, 6.07) is 8.64. The van der Waals surface area contributed by atoms with Crippen molar-refractivity contribution in [3.05, 3.63) is 34.3 Å². The van der Waals surface area contributed by atoms with Crippen LogP contribution in [0.5, 0.6) is 0 Å². The first-order valence-electron chi connectivity index (χ1n) is 8.12. The normalized spacial score (nSPS) is 26.5. The smallest absolute Gasteiger partial charge is 0.0332 e. The largest absolute Gasteiger partial charge is 0.329 e. The molecule has 2 N–H and O–H groups in total. The molecule has 0 spiro atoms. The van der Waals surface area contributed by atoms with Crippen molar-refractivity contribution < 1.29 is 0 Å². The molecule has 0 amide bonds. The SMILES string of the molecule is CC(C)C1CCC(CN)(N(C)Cc2ccc(Br)cc2)CC1. The van der Waals surface area contributed by atoms with Crippen molar-refractivity contribution in [1.29, 1.82) is 0 Å². The van der Waals surface area contributed by atoms with Gasteiger partial charge in [0, 0.05) is 23.1 Å². The van der Waals surface area contributed by atoms with Gasteiger partial charge in [0.1, 0.15) is 0 Å². The van der Waals surface area contributed by atoms with Gasteiger partial charge < -0.3 is 5.73 Å². The molecule has 0 saturated heterocycles. The third-order valence-corrected chi connectivity index (χ3v) is 5.96. The number of benzene rings is 1. The zero-order chi connectivity index (χ0) is 15.5. The highest BCUT2D eigenvalue weighted by atomic mass is 79.9. The first-order chi connectivity index (χ1) is 9.97. The van der Waals surface area contributed by atoms with Crippen LogP contribution in [0.25, 0.3) is 0 Å². The van der Waals surface area contributed by atoms with E-state index in [0.29, 0.717) is 0 Å². The Bertz CT molecular complexity index is 433. The predicted octanol–water partition coefficient (Wildman–Crippen LogP) is 4.42. The Balaban J connectivity index is 2.01. The minimum Gasteiger partial charge on any atom is -0.329 e. The second-order valence-corrected chi connectivity index (χ2v) is 7.91. The Morgan fingerprint density at radius 3 is 2.29 bits per heavy atom. The topological polar surface area (TPSA) is 29.3 Å². The van der Waals surface area contributed by atoms with E-state index in [1.54, 1.807) is 0 Å². The van der Waals surface area contributed by atoms with Crippen LogP contribution in [0, 0.1) is 11.8 Å². The van der Waals surface area contributed by atoms with Gasteiger partial charge in [0.2, 0.25) is 0 Å². The molecule has 2 nitrogen and oxygen atoms in total. The minimum absolute atomic E-state index is 0.193. The van der Waals surface area contributed by atoms with Gasteiger partial charge in [-0.3, -0.25) is 4.90 Å². The summed E-state index contributed by atoms with van der Waals surface area (Å²) < 4.78 is 1.14. The summed E-state index contributed by atoms with van der Waals surface area (Å²) in [6.45, 7) is 6.46. The molecule has 2 rings (SSSR count). The van der Waals surface area contributed by atoms with Crippen LogP contribution in [0.15, 0.2) is 28.7 Å². The minimum atomic E-state index is 0.193. The summed E-state index contributed by atoms with van der Waals surface area (Å²) in [5, 5.41) is 0. The first kappa shape index (κ1) is 17.0. The van der Waals surface area contributed by atoms with E-state index in [-0.39, 0.29) is 5.54 Å². The standard InChI is InChI=1S/C18H29BrN2/c1-14(2)16-8-10-18(13-20,11-9-16)21(3)12-15-4-6-17(19)7-5-15/h4-7,14,16H,8-13,20H2,1-3H3. The second-order valence-electron chi connectivity index (χ2n) is 6.99. The third-order valence-electron chi connectivity index (χ3n) is 5.43. The van der Waals surface area contributed by atoms with Crippen LogP contribution < -0.4 is 5.73 Å². The molecule has 0 aromatic heterocycles. The lowest BCUT2D eigenvalue weighted by Gasteiger charge is -2.47. The van der Waals surface area contributed by atoms with E-state index < -0.39 is 0 Å². The van der Waals surface area contributed by atoms with Crippen LogP contribution in [-0.4, -0.2) is 24.0 Å². The maximum atomic E-state index is 6.19. The van der Waals surface area contributed by atoms with Gasteiger partial charge in [-0.25, -0.2) is 0 Å². The fourth-order valence-electron chi connectivity index (χ4n) is 3.62. The summed E-state index contributed by atoms with van der Waals surface area (Å²) in [7, 11) is 2.24. The molecule has 1 aromatic rings. The van der Waals surface area contributed by atoms with Gasteiger partial charge in [-0.1, -0.05) is 41.9 Å². The van der Waals surface area contributed by atoms with Crippen LogP contribution in [-0.2, 0) is 6.54 Å². The van der Waals surface area contributed by atoms with Gasteiger partial charge in [-0.15, -0.1) is 0 Å². The lowest BCUT2D eigenvalue weighted by Crippen LogP contribution is -2.54. The molecule has 0 heterocycles. The predicted molar refractivity (Wildman–Crippen MR) is 94.2 cm³/mol. The van der Waals surface area contributed by atoms with E-state index >= 15 is 0 Å². The van der Waals surface area contributed by atoms with E-state index in [4.69, 9.17) is 5.73 Å². The van der Waals surface area contributed by atoms with Gasteiger partial charge in [-0.2, -0.15) is 0 Å². The molecule has 0 atom stereocenters. The molecular weight excluding hydrogens is 324 g/mol. The Morgan fingerprint density at radius 2 is 1.81 bits per heavy atom. The Kier molecular flexibility index (Phi) is 5.87. The maximum Gasteiger partial charge on any atom is 0.0332 e. The highest BCUT2D eigenvalue weighted by molar-refractivity contribution is 9.10. The van der Waals surface area contributed by atoms with Crippen molar-refractivity contribution in [3.8, 4) is 0 Å². The van der Waals surface area contributed by atoms with E-state index in [0.717, 1.165) is 29.4 Å². The summed E-state index contributed by atoms with van der Waals surface area (Å²) in [5.74, 6) is 1.68.